The van der Waals surface area contributed by atoms with Gasteiger partial charge in [0.1, 0.15) is 5.69 Å². The van der Waals surface area contributed by atoms with Gasteiger partial charge in [-0.15, -0.1) is 11.3 Å². The minimum atomic E-state index is -0.104. The first-order valence-electron chi connectivity index (χ1n) is 8.34. The van der Waals surface area contributed by atoms with Gasteiger partial charge in [-0.3, -0.25) is 4.79 Å². The van der Waals surface area contributed by atoms with E-state index in [1.54, 1.807) is 10.9 Å². The molecule has 3 aromatic rings. The molecule has 2 aromatic heterocycles. The Morgan fingerprint density at radius 2 is 2.04 bits per heavy atom. The van der Waals surface area contributed by atoms with Crippen LogP contribution in [0.15, 0.2) is 41.2 Å². The van der Waals surface area contributed by atoms with Crippen LogP contribution in [0.5, 0.6) is 0 Å². The number of thiazole rings is 1. The van der Waals surface area contributed by atoms with Crippen LogP contribution in [-0.4, -0.2) is 37.1 Å². The number of fused-ring (bicyclic) bond motifs is 1. The maximum atomic E-state index is 12.9. The quantitative estimate of drug-likeness (QED) is 0.725. The molecule has 3 heterocycles. The molecule has 0 aliphatic carbocycles. The van der Waals surface area contributed by atoms with E-state index in [9.17, 15) is 4.79 Å². The molecule has 0 bridgehead atoms. The van der Waals surface area contributed by atoms with Crippen LogP contribution in [0.4, 0.5) is 0 Å². The number of rotatable bonds is 3. The van der Waals surface area contributed by atoms with E-state index in [0.29, 0.717) is 24.6 Å². The third-order valence-electron chi connectivity index (χ3n) is 4.43. The Labute approximate surface area is 150 Å². The Kier molecular flexibility index (Phi) is 4.09. The highest BCUT2D eigenvalue weighted by Gasteiger charge is 2.36. The predicted molar refractivity (Wildman–Crippen MR) is 96.2 cm³/mol. The lowest BCUT2D eigenvalue weighted by atomic mass is 9.99. The lowest BCUT2D eigenvalue weighted by Crippen LogP contribution is -2.44. The maximum absolute atomic E-state index is 12.9. The fraction of sp³-hybridized carbons (Fsp3) is 0.333. The van der Waals surface area contributed by atoms with Crippen molar-refractivity contribution in [1.82, 2.24) is 24.6 Å². The molecule has 4 rings (SSSR count). The number of hydrogen-bond acceptors (Lipinski definition) is 5. The minimum Gasteiger partial charge on any atom is -0.325 e. The molecule has 0 N–H and O–H groups in total. The summed E-state index contributed by atoms with van der Waals surface area (Å²) in [5.74, 6) is 1.76. The monoisotopic (exact) mass is 353 g/mol. The molecule has 128 valence electrons. The smallest absolute Gasteiger partial charge is 0.274 e. The fourth-order valence-corrected chi connectivity index (χ4v) is 3.80. The van der Waals surface area contributed by atoms with E-state index in [1.807, 2.05) is 39.9 Å². The zero-order valence-electron chi connectivity index (χ0n) is 14.2. The van der Waals surface area contributed by atoms with Crippen molar-refractivity contribution in [2.24, 2.45) is 5.92 Å². The molecule has 0 spiro atoms. The maximum Gasteiger partial charge on any atom is 0.274 e. The van der Waals surface area contributed by atoms with Gasteiger partial charge in [-0.2, -0.15) is 5.10 Å². The zero-order chi connectivity index (χ0) is 17.4. The van der Waals surface area contributed by atoms with E-state index >= 15 is 0 Å². The van der Waals surface area contributed by atoms with Gasteiger partial charge in [-0.1, -0.05) is 44.2 Å². The van der Waals surface area contributed by atoms with Gasteiger partial charge in [-0.25, -0.2) is 14.6 Å². The molecule has 0 unspecified atom stereocenters. The molecule has 7 heteroatoms. The van der Waals surface area contributed by atoms with Gasteiger partial charge in [0.05, 0.1) is 18.1 Å². The number of nitrogens with zero attached hydrogens (tertiary/aromatic N) is 5. The average Bonchev–Trinajstić information content (AvgIpc) is 3.30. The first-order valence-corrected chi connectivity index (χ1v) is 9.28. The van der Waals surface area contributed by atoms with Gasteiger partial charge in [0, 0.05) is 17.5 Å². The Morgan fingerprint density at radius 1 is 1.24 bits per heavy atom. The Morgan fingerprint density at radius 3 is 2.72 bits per heavy atom. The number of benzene rings is 1. The number of carbonyl (C=O) groups is 1. The predicted octanol–water partition coefficient (Wildman–Crippen LogP) is 3.25. The third-order valence-corrected chi connectivity index (χ3v) is 5.02. The first-order chi connectivity index (χ1) is 12.1. The van der Waals surface area contributed by atoms with Gasteiger partial charge in [0.25, 0.3) is 5.91 Å². The number of aromatic nitrogens is 4. The second-order valence-electron chi connectivity index (χ2n) is 6.44. The Bertz CT molecular complexity index is 872. The molecule has 1 aliphatic heterocycles. The summed E-state index contributed by atoms with van der Waals surface area (Å²) in [6.45, 7) is 5.48. The summed E-state index contributed by atoms with van der Waals surface area (Å²) < 4.78 is 1.94. The van der Waals surface area contributed by atoms with Crippen LogP contribution >= 0.6 is 11.3 Å². The van der Waals surface area contributed by atoms with Crippen molar-refractivity contribution in [3.05, 3.63) is 52.7 Å². The molecule has 0 saturated carbocycles. The fourth-order valence-electron chi connectivity index (χ4n) is 3.28. The normalized spacial score (nSPS) is 16.9. The van der Waals surface area contributed by atoms with E-state index < -0.39 is 0 Å². The van der Waals surface area contributed by atoms with Crippen LogP contribution in [0, 0.1) is 5.92 Å². The average molecular weight is 353 g/mol. The van der Waals surface area contributed by atoms with Crippen LogP contribution in [0.2, 0.25) is 0 Å². The molecule has 1 atom stereocenters. The summed E-state index contributed by atoms with van der Waals surface area (Å²) in [5.41, 5.74) is 3.19. The topological polar surface area (TPSA) is 63.9 Å². The van der Waals surface area contributed by atoms with E-state index in [4.69, 9.17) is 4.98 Å². The lowest BCUT2D eigenvalue weighted by molar-refractivity contribution is 0.0531. The second kappa shape index (κ2) is 6.40. The third kappa shape index (κ3) is 2.84. The second-order valence-corrected chi connectivity index (χ2v) is 7.16. The van der Waals surface area contributed by atoms with Crippen molar-refractivity contribution >= 4 is 17.2 Å². The van der Waals surface area contributed by atoms with Crippen molar-refractivity contribution in [2.45, 2.75) is 26.4 Å². The number of amides is 1. The number of carbonyl (C=O) groups excluding carboxylic acids is 1. The lowest BCUT2D eigenvalue weighted by Gasteiger charge is -2.37. The molecule has 1 aliphatic rings. The molecular weight excluding hydrogens is 334 g/mol. The molecule has 0 fully saturated rings. The zero-order valence-corrected chi connectivity index (χ0v) is 15.0. The van der Waals surface area contributed by atoms with Crippen LogP contribution in [-0.2, 0) is 6.54 Å². The Balaban J connectivity index is 1.72. The van der Waals surface area contributed by atoms with Crippen molar-refractivity contribution < 1.29 is 4.79 Å². The van der Waals surface area contributed by atoms with E-state index in [0.717, 1.165) is 11.4 Å². The molecule has 0 radical (unpaired) electrons. The van der Waals surface area contributed by atoms with Gasteiger partial charge < -0.3 is 4.90 Å². The summed E-state index contributed by atoms with van der Waals surface area (Å²) in [6.07, 6.45) is 0. The van der Waals surface area contributed by atoms with Gasteiger partial charge in [0.15, 0.2) is 11.6 Å². The Hall–Kier alpha value is -2.54. The van der Waals surface area contributed by atoms with Crippen molar-refractivity contribution in [3.8, 4) is 11.4 Å². The van der Waals surface area contributed by atoms with Crippen LogP contribution in [0.3, 0.4) is 0 Å². The SMILES string of the molecule is CC(C)[C@H]1c2nc(-c3ccccc3)nn2CCN1C(=O)c1cscn1. The molecule has 6 nitrogen and oxygen atoms in total. The van der Waals surface area contributed by atoms with Crippen LogP contribution in [0.1, 0.15) is 36.2 Å². The largest absolute Gasteiger partial charge is 0.325 e. The van der Waals surface area contributed by atoms with Gasteiger partial charge >= 0.3 is 0 Å². The summed E-state index contributed by atoms with van der Waals surface area (Å²) in [7, 11) is 0. The molecule has 1 amide bonds. The standard InChI is InChI=1S/C18H19N5OS/c1-12(2)15-17-20-16(13-6-4-3-5-7-13)21-23(17)9-8-22(15)18(24)14-10-25-11-19-14/h3-7,10-12,15H,8-9H2,1-2H3/t15-/m0/s1. The highest BCUT2D eigenvalue weighted by atomic mass is 32.1. The summed E-state index contributed by atoms with van der Waals surface area (Å²) in [6, 6.07) is 9.84. The highest BCUT2D eigenvalue weighted by Crippen LogP contribution is 2.33. The van der Waals surface area contributed by atoms with Crippen LogP contribution in [0.25, 0.3) is 11.4 Å². The number of hydrogen-bond donors (Lipinski definition) is 0. The molecule has 0 saturated heterocycles. The first kappa shape index (κ1) is 16.0. The highest BCUT2D eigenvalue weighted by molar-refractivity contribution is 7.07. The minimum absolute atomic E-state index is 0.0320. The molecular formula is C18H19N5OS. The van der Waals surface area contributed by atoms with Crippen molar-refractivity contribution in [1.29, 1.82) is 0 Å². The molecule has 1 aromatic carbocycles. The van der Waals surface area contributed by atoms with E-state index in [1.165, 1.54) is 11.3 Å². The van der Waals surface area contributed by atoms with Gasteiger partial charge in [0.2, 0.25) is 0 Å². The van der Waals surface area contributed by atoms with E-state index in [-0.39, 0.29) is 17.9 Å². The summed E-state index contributed by atoms with van der Waals surface area (Å²) >= 11 is 1.44. The summed E-state index contributed by atoms with van der Waals surface area (Å²) in [4.78, 5) is 23.7. The van der Waals surface area contributed by atoms with Gasteiger partial charge in [-0.05, 0) is 5.92 Å². The van der Waals surface area contributed by atoms with Crippen molar-refractivity contribution in [3.63, 3.8) is 0 Å². The van der Waals surface area contributed by atoms with Crippen LogP contribution < -0.4 is 0 Å². The van der Waals surface area contributed by atoms with Crippen molar-refractivity contribution in [2.75, 3.05) is 6.54 Å². The summed E-state index contributed by atoms with van der Waals surface area (Å²) in [5, 5.41) is 6.46. The van der Waals surface area contributed by atoms with E-state index in [2.05, 4.69) is 23.9 Å². The molecule has 25 heavy (non-hydrogen) atoms.